The first kappa shape index (κ1) is 12.9. The molecule has 0 aromatic carbocycles. The first-order chi connectivity index (χ1) is 8.29. The summed E-state index contributed by atoms with van der Waals surface area (Å²) < 4.78 is 5.19. The lowest BCUT2D eigenvalue weighted by molar-refractivity contribution is -0.145. The van der Waals surface area contributed by atoms with E-state index in [2.05, 4.69) is 0 Å². The van der Waals surface area contributed by atoms with Gasteiger partial charge in [0.05, 0.1) is 0 Å². The molecule has 0 N–H and O–H groups in total. The topological polar surface area (TPSA) is 66.9 Å². The monoisotopic (exact) mass is 254 g/mol. The molecule has 2 saturated heterocycles. The average molecular weight is 254 g/mol. The molecule has 100 valence electrons. The molecule has 6 nitrogen and oxygen atoms in total. The van der Waals surface area contributed by atoms with Gasteiger partial charge in [-0.15, -0.1) is 0 Å². The quantitative estimate of drug-likeness (QED) is 0.640. The Morgan fingerprint density at radius 2 is 1.94 bits per heavy atom. The van der Waals surface area contributed by atoms with Gasteiger partial charge in [0.2, 0.25) is 5.91 Å². The second kappa shape index (κ2) is 4.26. The van der Waals surface area contributed by atoms with Crippen LogP contribution in [0.2, 0.25) is 0 Å². The lowest BCUT2D eigenvalue weighted by atomic mass is 10.1. The molecule has 2 rings (SSSR count). The van der Waals surface area contributed by atoms with Crippen molar-refractivity contribution in [1.82, 2.24) is 9.80 Å². The van der Waals surface area contributed by atoms with Gasteiger partial charge in [-0.3, -0.25) is 9.59 Å². The van der Waals surface area contributed by atoms with Crippen LogP contribution in [0.4, 0.5) is 4.79 Å². The summed E-state index contributed by atoms with van der Waals surface area (Å²) in [4.78, 5) is 38.2. The highest BCUT2D eigenvalue weighted by atomic mass is 16.6. The van der Waals surface area contributed by atoms with Crippen molar-refractivity contribution in [3.63, 3.8) is 0 Å². The third-order valence-electron chi connectivity index (χ3n) is 3.06. The molecule has 0 aliphatic carbocycles. The van der Waals surface area contributed by atoms with E-state index in [0.717, 1.165) is 4.90 Å². The molecular formula is C12H18N2O4. The summed E-state index contributed by atoms with van der Waals surface area (Å²) in [7, 11) is 0. The zero-order chi connectivity index (χ0) is 13.5. The maximum atomic E-state index is 12.1. The summed E-state index contributed by atoms with van der Waals surface area (Å²) in [5, 5.41) is 0. The molecule has 1 unspecified atom stereocenters. The van der Waals surface area contributed by atoms with Crippen molar-refractivity contribution in [2.45, 2.75) is 45.3 Å². The van der Waals surface area contributed by atoms with Crippen LogP contribution in [0.5, 0.6) is 0 Å². The molecule has 0 radical (unpaired) electrons. The lowest BCUT2D eigenvalue weighted by Crippen LogP contribution is -2.57. The lowest BCUT2D eigenvalue weighted by Gasteiger charge is -2.36. The van der Waals surface area contributed by atoms with E-state index in [9.17, 15) is 14.4 Å². The molecule has 0 saturated carbocycles. The van der Waals surface area contributed by atoms with Crippen molar-refractivity contribution in [3.05, 3.63) is 0 Å². The number of imide groups is 1. The smallest absolute Gasteiger partial charge is 0.417 e. The predicted octanol–water partition coefficient (Wildman–Crippen LogP) is 0.755. The first-order valence-corrected chi connectivity index (χ1v) is 6.13. The first-order valence-electron chi connectivity index (χ1n) is 6.13. The Hall–Kier alpha value is -1.59. The molecular weight excluding hydrogens is 236 g/mol. The van der Waals surface area contributed by atoms with Crippen molar-refractivity contribution in [2.75, 3.05) is 13.1 Å². The summed E-state index contributed by atoms with van der Waals surface area (Å²) in [5.41, 5.74) is -0.625. The molecule has 3 amide bonds. The molecule has 2 fully saturated rings. The minimum absolute atomic E-state index is 0.00260. The van der Waals surface area contributed by atoms with Crippen LogP contribution in [0.15, 0.2) is 0 Å². The fraction of sp³-hybridized carbons (Fsp3) is 0.750. The van der Waals surface area contributed by atoms with Crippen molar-refractivity contribution >= 4 is 17.9 Å². The number of carbonyl (C=O) groups is 3. The highest BCUT2D eigenvalue weighted by Gasteiger charge is 2.44. The molecule has 6 heteroatoms. The Morgan fingerprint density at radius 3 is 2.56 bits per heavy atom. The molecule has 0 bridgehead atoms. The van der Waals surface area contributed by atoms with Crippen LogP contribution in [-0.4, -0.2) is 52.4 Å². The average Bonchev–Trinajstić information content (AvgIpc) is 2.59. The van der Waals surface area contributed by atoms with Crippen molar-refractivity contribution in [2.24, 2.45) is 0 Å². The second-order valence-electron chi connectivity index (χ2n) is 5.61. The Balaban J connectivity index is 2.06. The van der Waals surface area contributed by atoms with E-state index < -0.39 is 17.7 Å². The zero-order valence-electron chi connectivity index (χ0n) is 10.9. The van der Waals surface area contributed by atoms with Gasteiger partial charge in [0.25, 0.3) is 5.91 Å². The highest BCUT2D eigenvalue weighted by molar-refractivity contribution is 5.99. The normalized spacial score (nSPS) is 24.3. The fourth-order valence-electron chi connectivity index (χ4n) is 2.27. The van der Waals surface area contributed by atoms with Gasteiger partial charge in [-0.1, -0.05) is 0 Å². The van der Waals surface area contributed by atoms with Gasteiger partial charge in [-0.25, -0.2) is 9.69 Å². The number of hydrogen-bond donors (Lipinski definition) is 0. The van der Waals surface area contributed by atoms with Gasteiger partial charge in [0.1, 0.15) is 11.6 Å². The number of ether oxygens (including phenoxy) is 1. The number of amides is 3. The second-order valence-corrected chi connectivity index (χ2v) is 5.61. The number of piperazine rings is 1. The van der Waals surface area contributed by atoms with E-state index in [1.807, 2.05) is 0 Å². The van der Waals surface area contributed by atoms with Gasteiger partial charge in [0.15, 0.2) is 0 Å². The van der Waals surface area contributed by atoms with Crippen molar-refractivity contribution in [3.8, 4) is 0 Å². The number of hydrogen-bond acceptors (Lipinski definition) is 4. The fourth-order valence-corrected chi connectivity index (χ4v) is 2.27. The summed E-state index contributed by atoms with van der Waals surface area (Å²) in [6, 6.07) is -0.473. The minimum Gasteiger partial charge on any atom is -0.443 e. The van der Waals surface area contributed by atoms with E-state index in [1.54, 1.807) is 25.7 Å². The Labute approximate surface area is 106 Å². The molecule has 0 spiro atoms. The number of nitrogens with zero attached hydrogens (tertiary/aromatic N) is 2. The van der Waals surface area contributed by atoms with Crippen LogP contribution in [0.25, 0.3) is 0 Å². The van der Waals surface area contributed by atoms with Crippen molar-refractivity contribution < 1.29 is 19.1 Å². The van der Waals surface area contributed by atoms with Crippen LogP contribution in [0.1, 0.15) is 33.6 Å². The third-order valence-corrected chi connectivity index (χ3v) is 3.06. The Bertz CT molecular complexity index is 399. The molecule has 0 aromatic rings. The van der Waals surface area contributed by atoms with E-state index >= 15 is 0 Å². The number of carbonyl (C=O) groups excluding carboxylic acids is 3. The Morgan fingerprint density at radius 1 is 1.28 bits per heavy atom. The third kappa shape index (κ3) is 2.32. The highest BCUT2D eigenvalue weighted by Crippen LogP contribution is 2.25. The SMILES string of the molecule is CC(C)(C)OC(=O)N1CCN2C(=O)CCC2C1=O. The predicted molar refractivity (Wildman–Crippen MR) is 62.7 cm³/mol. The van der Waals surface area contributed by atoms with E-state index in [1.165, 1.54) is 0 Å². The summed E-state index contributed by atoms with van der Waals surface area (Å²) >= 11 is 0. The van der Waals surface area contributed by atoms with Crippen LogP contribution >= 0.6 is 0 Å². The molecule has 0 aromatic heterocycles. The van der Waals surface area contributed by atoms with E-state index in [-0.39, 0.29) is 18.4 Å². The molecule has 2 aliphatic heterocycles. The van der Waals surface area contributed by atoms with Crippen molar-refractivity contribution in [1.29, 1.82) is 0 Å². The standard InChI is InChI=1S/C12H18N2O4/c1-12(2,3)18-11(17)14-7-6-13-8(10(14)16)4-5-9(13)15/h8H,4-7H2,1-3H3. The van der Waals surface area contributed by atoms with Crippen LogP contribution in [0, 0.1) is 0 Å². The summed E-state index contributed by atoms with van der Waals surface area (Å²) in [6.07, 6.45) is 0.265. The number of fused-ring (bicyclic) bond motifs is 1. The Kier molecular flexibility index (Phi) is 3.04. The summed E-state index contributed by atoms with van der Waals surface area (Å²) in [6.45, 7) is 5.89. The van der Waals surface area contributed by atoms with E-state index in [0.29, 0.717) is 19.4 Å². The minimum atomic E-state index is -0.625. The molecule has 2 heterocycles. The maximum absolute atomic E-state index is 12.1. The maximum Gasteiger partial charge on any atom is 0.417 e. The molecule has 18 heavy (non-hydrogen) atoms. The molecule has 2 aliphatic rings. The van der Waals surface area contributed by atoms with Crippen LogP contribution < -0.4 is 0 Å². The number of rotatable bonds is 0. The molecule has 1 atom stereocenters. The van der Waals surface area contributed by atoms with E-state index in [4.69, 9.17) is 4.74 Å². The summed E-state index contributed by atoms with van der Waals surface area (Å²) in [5.74, 6) is -0.321. The van der Waals surface area contributed by atoms with Gasteiger partial charge >= 0.3 is 6.09 Å². The zero-order valence-corrected chi connectivity index (χ0v) is 10.9. The van der Waals surface area contributed by atoms with Gasteiger partial charge < -0.3 is 9.64 Å². The van der Waals surface area contributed by atoms with Crippen LogP contribution in [-0.2, 0) is 14.3 Å². The van der Waals surface area contributed by atoms with Gasteiger partial charge in [-0.05, 0) is 27.2 Å². The van der Waals surface area contributed by atoms with Gasteiger partial charge in [0, 0.05) is 19.5 Å². The largest absolute Gasteiger partial charge is 0.443 e. The van der Waals surface area contributed by atoms with Crippen LogP contribution in [0.3, 0.4) is 0 Å². The van der Waals surface area contributed by atoms with Gasteiger partial charge in [-0.2, -0.15) is 0 Å².